The smallest absolute Gasteiger partial charge is 0.223 e. The highest BCUT2D eigenvalue weighted by Gasteiger charge is 2.32. The first-order chi connectivity index (χ1) is 9.43. The predicted octanol–water partition coefficient (Wildman–Crippen LogP) is 0.813. The molecule has 2 N–H and O–H groups in total. The third kappa shape index (κ3) is 3.11. The van der Waals surface area contributed by atoms with Crippen molar-refractivity contribution in [3.8, 4) is 0 Å². The largest absolute Gasteiger partial charge is 0.392 e. The Balaban J connectivity index is 2.03. The number of para-hydroxylation sites is 1. The number of nitrogens with two attached hydrogens (primary N) is 1. The van der Waals surface area contributed by atoms with E-state index in [-0.39, 0.29) is 4.99 Å². The first-order valence-corrected chi connectivity index (χ1v) is 8.42. The SMILES string of the molecule is CC(C(N)=S)S(=O)(=O)N1CCN(c2ccccc2)CC1. The molecule has 0 bridgehead atoms. The molecule has 0 spiro atoms. The standard InChI is InChI=1S/C13H19N3O2S2/c1-11(13(14)19)20(17,18)16-9-7-15(8-10-16)12-5-3-2-4-6-12/h2-6,11H,7-10H2,1H3,(H2,14,19). The van der Waals surface area contributed by atoms with Crippen LogP contribution in [0.25, 0.3) is 0 Å². The normalized spacial score (nSPS) is 18.8. The summed E-state index contributed by atoms with van der Waals surface area (Å²) in [4.78, 5) is 2.20. The highest BCUT2D eigenvalue weighted by molar-refractivity contribution is 7.92. The maximum absolute atomic E-state index is 12.3. The van der Waals surface area contributed by atoms with Crippen LogP contribution >= 0.6 is 12.2 Å². The van der Waals surface area contributed by atoms with Gasteiger partial charge in [-0.15, -0.1) is 0 Å². The highest BCUT2D eigenvalue weighted by Crippen LogP contribution is 2.18. The molecule has 0 saturated carbocycles. The van der Waals surface area contributed by atoms with Crippen molar-refractivity contribution in [1.82, 2.24) is 4.31 Å². The Bertz CT molecular complexity index is 567. The Labute approximate surface area is 125 Å². The summed E-state index contributed by atoms with van der Waals surface area (Å²) in [6, 6.07) is 9.98. The Kier molecular flexibility index (Phi) is 4.62. The zero-order chi connectivity index (χ0) is 14.8. The molecule has 1 aromatic rings. The number of benzene rings is 1. The molecule has 1 atom stereocenters. The summed E-state index contributed by atoms with van der Waals surface area (Å²) in [7, 11) is -3.43. The van der Waals surface area contributed by atoms with Crippen molar-refractivity contribution in [1.29, 1.82) is 0 Å². The minimum absolute atomic E-state index is 0.0236. The van der Waals surface area contributed by atoms with E-state index in [0.717, 1.165) is 5.69 Å². The lowest BCUT2D eigenvalue weighted by atomic mass is 10.2. The summed E-state index contributed by atoms with van der Waals surface area (Å²) in [6.07, 6.45) is 0. The lowest BCUT2D eigenvalue weighted by Crippen LogP contribution is -2.52. The lowest BCUT2D eigenvalue weighted by Gasteiger charge is -2.36. The summed E-state index contributed by atoms with van der Waals surface area (Å²) in [5.74, 6) is 0. The molecule has 20 heavy (non-hydrogen) atoms. The molecule has 1 unspecified atom stereocenters. The van der Waals surface area contributed by atoms with Gasteiger partial charge in [0.1, 0.15) is 5.25 Å². The van der Waals surface area contributed by atoms with Crippen LogP contribution in [0.5, 0.6) is 0 Å². The Morgan fingerprint density at radius 3 is 2.25 bits per heavy atom. The van der Waals surface area contributed by atoms with Crippen LogP contribution in [-0.2, 0) is 10.0 Å². The Morgan fingerprint density at radius 1 is 1.20 bits per heavy atom. The topological polar surface area (TPSA) is 66.6 Å². The van der Waals surface area contributed by atoms with E-state index in [1.807, 2.05) is 30.3 Å². The van der Waals surface area contributed by atoms with Crippen molar-refractivity contribution in [3.05, 3.63) is 30.3 Å². The van der Waals surface area contributed by atoms with Crippen LogP contribution in [0.1, 0.15) is 6.92 Å². The molecule has 110 valence electrons. The molecule has 7 heteroatoms. The number of hydrogen-bond donors (Lipinski definition) is 1. The van der Waals surface area contributed by atoms with Gasteiger partial charge in [0.25, 0.3) is 0 Å². The second kappa shape index (κ2) is 6.07. The van der Waals surface area contributed by atoms with Crippen molar-refractivity contribution >= 4 is 32.9 Å². The van der Waals surface area contributed by atoms with Crippen LogP contribution in [0.2, 0.25) is 0 Å². The van der Waals surface area contributed by atoms with E-state index in [4.69, 9.17) is 18.0 Å². The zero-order valence-corrected chi connectivity index (χ0v) is 13.0. The number of thiocarbonyl (C=S) groups is 1. The molecular formula is C13H19N3O2S2. The molecule has 1 aliphatic heterocycles. The Morgan fingerprint density at radius 2 is 1.75 bits per heavy atom. The van der Waals surface area contributed by atoms with Crippen LogP contribution in [0.15, 0.2) is 30.3 Å². The quantitative estimate of drug-likeness (QED) is 0.834. The number of nitrogens with zero attached hydrogens (tertiary/aromatic N) is 2. The third-order valence-electron chi connectivity index (χ3n) is 3.57. The lowest BCUT2D eigenvalue weighted by molar-refractivity contribution is 0.383. The number of anilines is 1. The molecule has 1 heterocycles. The van der Waals surface area contributed by atoms with E-state index in [1.54, 1.807) is 6.92 Å². The highest BCUT2D eigenvalue weighted by atomic mass is 32.2. The van der Waals surface area contributed by atoms with Crippen LogP contribution < -0.4 is 10.6 Å². The molecule has 2 rings (SSSR count). The second-order valence-electron chi connectivity index (χ2n) is 4.81. The zero-order valence-electron chi connectivity index (χ0n) is 11.4. The first-order valence-electron chi connectivity index (χ1n) is 6.51. The fourth-order valence-corrected chi connectivity index (χ4v) is 3.99. The second-order valence-corrected chi connectivity index (χ2v) is 7.54. The molecule has 0 aliphatic carbocycles. The average molecular weight is 313 g/mol. The monoisotopic (exact) mass is 313 g/mol. The van der Waals surface area contributed by atoms with E-state index in [2.05, 4.69) is 4.90 Å². The third-order valence-corrected chi connectivity index (χ3v) is 6.30. The van der Waals surface area contributed by atoms with Crippen LogP contribution in [0.4, 0.5) is 5.69 Å². The predicted molar refractivity (Wildman–Crippen MR) is 85.4 cm³/mol. The van der Waals surface area contributed by atoms with Crippen molar-refractivity contribution in [2.75, 3.05) is 31.1 Å². The van der Waals surface area contributed by atoms with Gasteiger partial charge in [0.2, 0.25) is 10.0 Å². The van der Waals surface area contributed by atoms with Gasteiger partial charge >= 0.3 is 0 Å². The molecular weight excluding hydrogens is 294 g/mol. The van der Waals surface area contributed by atoms with Gasteiger partial charge in [0.05, 0.1) is 4.99 Å². The fraction of sp³-hybridized carbons (Fsp3) is 0.462. The number of hydrogen-bond acceptors (Lipinski definition) is 4. The van der Waals surface area contributed by atoms with Gasteiger partial charge in [0.15, 0.2) is 0 Å². The summed E-state index contributed by atoms with van der Waals surface area (Å²) >= 11 is 4.80. The number of piperazine rings is 1. The van der Waals surface area contributed by atoms with E-state index >= 15 is 0 Å². The minimum atomic E-state index is -3.43. The maximum Gasteiger partial charge on any atom is 0.223 e. The van der Waals surface area contributed by atoms with E-state index in [9.17, 15) is 8.42 Å². The molecule has 0 amide bonds. The van der Waals surface area contributed by atoms with Crippen LogP contribution in [0, 0.1) is 0 Å². The van der Waals surface area contributed by atoms with E-state index < -0.39 is 15.3 Å². The van der Waals surface area contributed by atoms with Gasteiger partial charge in [-0.25, -0.2) is 8.42 Å². The number of sulfonamides is 1. The van der Waals surface area contributed by atoms with Gasteiger partial charge in [-0.3, -0.25) is 0 Å². The van der Waals surface area contributed by atoms with Crippen molar-refractivity contribution in [3.63, 3.8) is 0 Å². The van der Waals surface area contributed by atoms with Gasteiger partial charge < -0.3 is 10.6 Å². The average Bonchev–Trinajstić information content (AvgIpc) is 2.47. The van der Waals surface area contributed by atoms with Gasteiger partial charge in [-0.1, -0.05) is 30.4 Å². The van der Waals surface area contributed by atoms with E-state index in [1.165, 1.54) is 4.31 Å². The molecule has 0 aromatic heterocycles. The molecule has 1 aliphatic rings. The fourth-order valence-electron chi connectivity index (χ4n) is 2.21. The van der Waals surface area contributed by atoms with Crippen molar-refractivity contribution in [2.45, 2.75) is 12.2 Å². The van der Waals surface area contributed by atoms with Crippen molar-refractivity contribution in [2.24, 2.45) is 5.73 Å². The van der Waals surface area contributed by atoms with E-state index in [0.29, 0.717) is 26.2 Å². The van der Waals surface area contributed by atoms with Crippen molar-refractivity contribution < 1.29 is 8.42 Å². The summed E-state index contributed by atoms with van der Waals surface area (Å²) < 4.78 is 26.1. The number of rotatable bonds is 4. The van der Waals surface area contributed by atoms with Crippen LogP contribution in [0.3, 0.4) is 0 Å². The molecule has 1 fully saturated rings. The molecule has 5 nitrogen and oxygen atoms in total. The molecule has 0 radical (unpaired) electrons. The molecule has 1 saturated heterocycles. The Hall–Kier alpha value is -1.18. The van der Waals surface area contributed by atoms with Gasteiger partial charge in [-0.05, 0) is 19.1 Å². The summed E-state index contributed by atoms with van der Waals surface area (Å²) in [5.41, 5.74) is 6.58. The van der Waals surface area contributed by atoms with Gasteiger partial charge in [0, 0.05) is 31.9 Å². The summed E-state index contributed by atoms with van der Waals surface area (Å²) in [6.45, 7) is 3.82. The maximum atomic E-state index is 12.3. The van der Waals surface area contributed by atoms with Crippen LogP contribution in [-0.4, -0.2) is 49.1 Å². The van der Waals surface area contributed by atoms with Gasteiger partial charge in [-0.2, -0.15) is 4.31 Å². The molecule has 1 aromatic carbocycles. The minimum Gasteiger partial charge on any atom is -0.392 e. The first kappa shape index (κ1) is 15.2. The summed E-state index contributed by atoms with van der Waals surface area (Å²) in [5, 5.41) is -0.805.